The van der Waals surface area contributed by atoms with Gasteiger partial charge >= 0.3 is 6.09 Å². The molecule has 2 saturated carbocycles. The van der Waals surface area contributed by atoms with Gasteiger partial charge in [0.25, 0.3) is 0 Å². The van der Waals surface area contributed by atoms with E-state index in [0.717, 1.165) is 102 Å². The highest BCUT2D eigenvalue weighted by Gasteiger charge is 2.53. The summed E-state index contributed by atoms with van der Waals surface area (Å²) in [5, 5.41) is 2.77. The van der Waals surface area contributed by atoms with E-state index in [1.54, 1.807) is 0 Å². The molecule has 318 valence electrons. The third-order valence-electron chi connectivity index (χ3n) is 14.1. The number of H-pyrrole nitrogens is 2. The highest BCUT2D eigenvalue weighted by Crippen LogP contribution is 2.52. The number of carbonyl (C=O) groups excluding carboxylic acids is 3. The van der Waals surface area contributed by atoms with E-state index in [9.17, 15) is 14.4 Å². The lowest BCUT2D eigenvalue weighted by Gasteiger charge is -2.39. The smallest absolute Gasteiger partial charge is 0.407 e. The molecule has 2 aliphatic heterocycles. The molecule has 4 aliphatic rings. The summed E-state index contributed by atoms with van der Waals surface area (Å²) in [6.45, 7) is 9.74. The van der Waals surface area contributed by atoms with Crippen molar-refractivity contribution in [2.75, 3.05) is 20.2 Å². The molecule has 8 atom stereocenters. The van der Waals surface area contributed by atoms with Crippen LogP contribution in [0.2, 0.25) is 0 Å². The van der Waals surface area contributed by atoms with Gasteiger partial charge in [0.05, 0.1) is 43.0 Å². The number of carbonyl (C=O) groups is 3. The van der Waals surface area contributed by atoms with Crippen LogP contribution in [0.4, 0.5) is 4.79 Å². The van der Waals surface area contributed by atoms with Crippen molar-refractivity contribution in [1.82, 2.24) is 40.0 Å². The van der Waals surface area contributed by atoms with Crippen molar-refractivity contribution >= 4 is 17.9 Å². The van der Waals surface area contributed by atoms with Crippen LogP contribution in [-0.2, 0) is 14.3 Å². The fourth-order valence-electron chi connectivity index (χ4n) is 11.0. The van der Waals surface area contributed by atoms with Crippen molar-refractivity contribution in [1.29, 1.82) is 0 Å². The Bertz CT molecular complexity index is 2340. The van der Waals surface area contributed by atoms with Gasteiger partial charge in [0.15, 0.2) is 0 Å². The SMILES string of the molecule is CCN(CC)[C@@H](C(=O)N1[C@@H]2CC[C@@H](C2)[C@H]1c1ncc(-c2ccc(-c3ccc(-c4cnc([C@@H]5[C@H]6CC[C@H](C6)N5C(=O)[C@@H](NC(=O)OC)C(C)C)[nH]4)cc3)cc2)[nH]1)c1ccccc1. The average Bonchev–Trinajstić information content (AvgIpc) is 4.17. The van der Waals surface area contributed by atoms with Crippen LogP contribution in [0.15, 0.2) is 91.3 Å². The summed E-state index contributed by atoms with van der Waals surface area (Å²) in [6.07, 6.45) is 9.32. The number of benzene rings is 3. The van der Waals surface area contributed by atoms with Crippen molar-refractivity contribution < 1.29 is 19.1 Å². The number of rotatable bonds is 13. The molecule has 3 amide bonds. The molecule has 2 aromatic heterocycles. The van der Waals surface area contributed by atoms with E-state index in [1.165, 1.54) is 7.11 Å². The minimum atomic E-state index is -0.673. The highest BCUT2D eigenvalue weighted by atomic mass is 16.5. The monoisotopic (exact) mass is 822 g/mol. The number of fused-ring (bicyclic) bond motifs is 4. The molecule has 2 saturated heterocycles. The summed E-state index contributed by atoms with van der Waals surface area (Å²) in [7, 11) is 1.31. The number of aromatic amines is 2. The number of amides is 3. The van der Waals surface area contributed by atoms with Crippen molar-refractivity contribution in [3.63, 3.8) is 0 Å². The number of imidazole rings is 2. The van der Waals surface area contributed by atoms with Crippen LogP contribution >= 0.6 is 0 Å². The zero-order valence-electron chi connectivity index (χ0n) is 35.9. The van der Waals surface area contributed by atoms with Gasteiger partial charge < -0.3 is 29.8 Å². The Balaban J connectivity index is 0.892. The second kappa shape index (κ2) is 17.0. The number of ether oxygens (including phenoxy) is 1. The van der Waals surface area contributed by atoms with E-state index in [1.807, 2.05) is 49.3 Å². The molecule has 0 unspecified atom stereocenters. The van der Waals surface area contributed by atoms with E-state index in [4.69, 9.17) is 14.7 Å². The minimum Gasteiger partial charge on any atom is -0.453 e. The Morgan fingerprint density at radius 3 is 1.64 bits per heavy atom. The number of alkyl carbamates (subject to hydrolysis) is 1. The standard InChI is InChI=1S/C49H58N8O4/c1-6-55(7-2)44(34-11-9-8-10-12-34)48(59)57-38-24-22-36(26-38)43(57)46-51-28-40(53-46)33-19-15-31(16-20-33)30-13-17-32(18-14-30)39-27-50-45(52-39)42-35-21-23-37(25-35)56(42)47(58)41(29(3)4)54-49(60)61-5/h8-20,27-29,35-38,41-44H,6-7,21-26H2,1-5H3,(H,50,52)(H,51,53)(H,54,60)/t35-,36-,37+,38+,41-,42-,43-,44+/m0/s1. The molecule has 12 heteroatoms. The molecule has 3 N–H and O–H groups in total. The van der Waals surface area contributed by atoms with Crippen LogP contribution in [0, 0.1) is 17.8 Å². The van der Waals surface area contributed by atoms with Gasteiger partial charge in [-0.15, -0.1) is 0 Å². The van der Waals surface area contributed by atoms with Gasteiger partial charge in [0.2, 0.25) is 11.8 Å². The molecule has 0 spiro atoms. The number of likely N-dealkylation sites (tertiary alicyclic amines) is 2. The maximum Gasteiger partial charge on any atom is 0.407 e. The predicted octanol–water partition coefficient (Wildman–Crippen LogP) is 8.70. The molecule has 0 radical (unpaired) electrons. The van der Waals surface area contributed by atoms with Gasteiger partial charge in [-0.2, -0.15) is 0 Å². The molecular formula is C49H58N8O4. The van der Waals surface area contributed by atoms with Crippen molar-refractivity contribution in [2.45, 2.75) is 102 Å². The van der Waals surface area contributed by atoms with Gasteiger partial charge in [-0.3, -0.25) is 14.5 Å². The van der Waals surface area contributed by atoms with Crippen molar-refractivity contribution in [2.24, 2.45) is 17.8 Å². The zero-order chi connectivity index (χ0) is 42.4. The molecule has 2 aliphatic carbocycles. The first-order valence-electron chi connectivity index (χ1n) is 22.3. The van der Waals surface area contributed by atoms with Crippen LogP contribution in [-0.4, -0.2) is 90.9 Å². The lowest BCUT2D eigenvalue weighted by Crippen LogP contribution is -2.54. The quantitative estimate of drug-likeness (QED) is 0.108. The lowest BCUT2D eigenvalue weighted by atomic mass is 9.95. The number of nitrogens with one attached hydrogen (secondary N) is 3. The molecule has 9 rings (SSSR count). The Hall–Kier alpha value is -5.75. The topological polar surface area (TPSA) is 140 Å². The summed E-state index contributed by atoms with van der Waals surface area (Å²) in [5.41, 5.74) is 7.14. The highest BCUT2D eigenvalue weighted by molar-refractivity contribution is 5.87. The number of piperidine rings is 2. The van der Waals surface area contributed by atoms with Gasteiger partial charge in [0, 0.05) is 12.1 Å². The fourth-order valence-corrected chi connectivity index (χ4v) is 11.0. The van der Waals surface area contributed by atoms with E-state index < -0.39 is 12.1 Å². The Morgan fingerprint density at radius 2 is 1.18 bits per heavy atom. The minimum absolute atomic E-state index is 0.0622. The first-order chi connectivity index (χ1) is 29.7. The van der Waals surface area contributed by atoms with Crippen LogP contribution in [0.1, 0.15) is 102 Å². The summed E-state index contributed by atoms with van der Waals surface area (Å²) >= 11 is 0. The van der Waals surface area contributed by atoms with E-state index >= 15 is 0 Å². The van der Waals surface area contributed by atoms with Gasteiger partial charge in [-0.25, -0.2) is 14.8 Å². The number of likely N-dealkylation sites (N-methyl/N-ethyl adjacent to an activating group) is 1. The number of nitrogens with zero attached hydrogens (tertiary/aromatic N) is 5. The summed E-state index contributed by atoms with van der Waals surface area (Å²) < 4.78 is 4.83. The van der Waals surface area contributed by atoms with Crippen LogP contribution in [0.3, 0.4) is 0 Å². The fraction of sp³-hybridized carbons (Fsp3) is 0.449. The summed E-state index contributed by atoms with van der Waals surface area (Å²) in [4.78, 5) is 64.1. The number of hydrogen-bond donors (Lipinski definition) is 3. The number of methoxy groups -OCH3 is 1. The van der Waals surface area contributed by atoms with Crippen LogP contribution < -0.4 is 5.32 Å². The molecule has 4 heterocycles. The van der Waals surface area contributed by atoms with E-state index in [0.29, 0.717) is 11.8 Å². The second-order valence-corrected chi connectivity index (χ2v) is 17.7. The second-order valence-electron chi connectivity index (χ2n) is 17.7. The third-order valence-corrected chi connectivity index (χ3v) is 14.1. The third kappa shape index (κ3) is 7.53. The largest absolute Gasteiger partial charge is 0.453 e. The van der Waals surface area contributed by atoms with Crippen molar-refractivity contribution in [3.05, 3.63) is 108 Å². The molecule has 5 aromatic rings. The molecule has 4 fully saturated rings. The Kier molecular flexibility index (Phi) is 11.3. The van der Waals surface area contributed by atoms with Gasteiger partial charge in [-0.05, 0) is 97.2 Å². The predicted molar refractivity (Wildman–Crippen MR) is 235 cm³/mol. The Labute approximate surface area is 358 Å². The first-order valence-corrected chi connectivity index (χ1v) is 22.3. The van der Waals surface area contributed by atoms with Crippen LogP contribution in [0.25, 0.3) is 33.6 Å². The normalized spacial score (nSPS) is 23.9. The van der Waals surface area contributed by atoms with E-state index in [2.05, 4.69) is 99.6 Å². The van der Waals surface area contributed by atoms with Crippen LogP contribution in [0.5, 0.6) is 0 Å². The van der Waals surface area contributed by atoms with Crippen molar-refractivity contribution in [3.8, 4) is 33.6 Å². The number of hydrogen-bond acceptors (Lipinski definition) is 7. The summed E-state index contributed by atoms with van der Waals surface area (Å²) in [6, 6.07) is 26.4. The molecule has 4 bridgehead atoms. The number of aromatic nitrogens is 4. The maximum atomic E-state index is 14.6. The zero-order valence-corrected chi connectivity index (χ0v) is 35.9. The average molecular weight is 823 g/mol. The molecule has 12 nitrogen and oxygen atoms in total. The molecular weight excluding hydrogens is 765 g/mol. The molecule has 3 aromatic carbocycles. The molecule has 61 heavy (non-hydrogen) atoms. The lowest BCUT2D eigenvalue weighted by molar-refractivity contribution is -0.142. The first kappa shape index (κ1) is 40.6. The maximum absolute atomic E-state index is 14.6. The van der Waals surface area contributed by atoms with Gasteiger partial charge in [0.1, 0.15) is 23.7 Å². The Morgan fingerprint density at radius 1 is 0.705 bits per heavy atom. The van der Waals surface area contributed by atoms with Gasteiger partial charge in [-0.1, -0.05) is 107 Å². The van der Waals surface area contributed by atoms with E-state index in [-0.39, 0.29) is 47.9 Å². The summed E-state index contributed by atoms with van der Waals surface area (Å²) in [5.74, 6) is 2.39.